The Hall–Kier alpha value is -4.20. The SMILES string of the molecule is CCCC(=O)Nc1nn(COCC[Si](C)(C)C)c2cc(-c3ccc(OCc4ccccc4)cc3)c(-c3ccc(CC)cc3)cc12. The largest absolute Gasteiger partial charge is 0.489 e. The first-order valence-electron chi connectivity index (χ1n) is 16.0. The first kappa shape index (κ1) is 32.2. The van der Waals surface area contributed by atoms with Crippen molar-refractivity contribution in [3.63, 3.8) is 0 Å². The van der Waals surface area contributed by atoms with E-state index in [0.29, 0.717) is 32.2 Å². The van der Waals surface area contributed by atoms with Gasteiger partial charge in [0.1, 0.15) is 19.1 Å². The lowest BCUT2D eigenvalue weighted by molar-refractivity contribution is -0.116. The number of benzene rings is 4. The average molecular weight is 620 g/mol. The number of aromatic nitrogens is 2. The molecular formula is C38H45N3O3Si. The lowest BCUT2D eigenvalue weighted by Crippen LogP contribution is -2.22. The molecule has 4 aromatic carbocycles. The van der Waals surface area contributed by atoms with E-state index in [0.717, 1.165) is 63.4 Å². The lowest BCUT2D eigenvalue weighted by atomic mass is 9.92. The summed E-state index contributed by atoms with van der Waals surface area (Å²) in [6.45, 7) is 12.7. The number of aryl methyl sites for hydroxylation is 1. The Morgan fingerprint density at radius 3 is 2.16 bits per heavy atom. The zero-order valence-electron chi connectivity index (χ0n) is 27.2. The predicted octanol–water partition coefficient (Wildman–Crippen LogP) is 9.56. The molecule has 5 aromatic rings. The first-order valence-corrected chi connectivity index (χ1v) is 19.7. The normalized spacial score (nSPS) is 11.6. The molecule has 0 saturated heterocycles. The van der Waals surface area contributed by atoms with Crippen LogP contribution in [0.5, 0.6) is 5.75 Å². The van der Waals surface area contributed by atoms with Crippen molar-refractivity contribution >= 4 is 30.7 Å². The maximum absolute atomic E-state index is 12.7. The van der Waals surface area contributed by atoms with Crippen LogP contribution in [0.25, 0.3) is 33.2 Å². The monoisotopic (exact) mass is 619 g/mol. The Bertz CT molecular complexity index is 1710. The van der Waals surface area contributed by atoms with Crippen molar-refractivity contribution in [3.05, 3.63) is 102 Å². The van der Waals surface area contributed by atoms with Crippen LogP contribution in [0.4, 0.5) is 5.82 Å². The summed E-state index contributed by atoms with van der Waals surface area (Å²) in [6, 6.07) is 32.6. The van der Waals surface area contributed by atoms with Gasteiger partial charge < -0.3 is 14.8 Å². The number of amides is 1. The smallest absolute Gasteiger partial charge is 0.225 e. The highest BCUT2D eigenvalue weighted by Gasteiger charge is 2.19. The summed E-state index contributed by atoms with van der Waals surface area (Å²) in [5.74, 6) is 1.35. The molecule has 1 N–H and O–H groups in total. The molecule has 0 saturated carbocycles. The van der Waals surface area contributed by atoms with Crippen LogP contribution in [-0.2, 0) is 29.3 Å². The zero-order valence-corrected chi connectivity index (χ0v) is 28.2. The van der Waals surface area contributed by atoms with Crippen molar-refractivity contribution in [1.82, 2.24) is 9.78 Å². The van der Waals surface area contributed by atoms with E-state index in [2.05, 4.69) is 92.5 Å². The first-order chi connectivity index (χ1) is 21.7. The van der Waals surface area contributed by atoms with Gasteiger partial charge in [0.2, 0.25) is 5.91 Å². The van der Waals surface area contributed by atoms with Crippen molar-refractivity contribution in [2.45, 2.75) is 72.1 Å². The second-order valence-corrected chi connectivity index (χ2v) is 18.4. The summed E-state index contributed by atoms with van der Waals surface area (Å²) in [7, 11) is -1.23. The van der Waals surface area contributed by atoms with E-state index in [1.807, 2.05) is 41.9 Å². The fraction of sp³-hybridized carbons (Fsp3) is 0.316. The van der Waals surface area contributed by atoms with Crippen molar-refractivity contribution in [2.75, 3.05) is 11.9 Å². The van der Waals surface area contributed by atoms with Gasteiger partial charge in [0, 0.05) is 26.5 Å². The van der Waals surface area contributed by atoms with E-state index < -0.39 is 8.07 Å². The number of anilines is 1. The summed E-state index contributed by atoms with van der Waals surface area (Å²) in [4.78, 5) is 12.7. The molecule has 0 aliphatic carbocycles. The molecule has 234 valence electrons. The van der Waals surface area contributed by atoms with E-state index in [4.69, 9.17) is 14.6 Å². The number of carbonyl (C=O) groups is 1. The molecule has 1 amide bonds. The highest BCUT2D eigenvalue weighted by Crippen LogP contribution is 2.39. The molecule has 0 spiro atoms. The summed E-state index contributed by atoms with van der Waals surface area (Å²) in [6.07, 6.45) is 2.20. The molecule has 0 unspecified atom stereocenters. The summed E-state index contributed by atoms with van der Waals surface area (Å²) in [5.41, 5.74) is 7.68. The highest BCUT2D eigenvalue weighted by atomic mass is 28.3. The second kappa shape index (κ2) is 14.7. The Kier molecular flexibility index (Phi) is 10.5. The molecule has 6 nitrogen and oxygen atoms in total. The zero-order chi connectivity index (χ0) is 31.8. The molecule has 7 heteroatoms. The number of hydrogen-bond acceptors (Lipinski definition) is 4. The number of carbonyl (C=O) groups excluding carboxylic acids is 1. The van der Waals surface area contributed by atoms with E-state index in [9.17, 15) is 4.79 Å². The average Bonchev–Trinajstić information content (AvgIpc) is 3.37. The van der Waals surface area contributed by atoms with Crippen LogP contribution < -0.4 is 10.1 Å². The van der Waals surface area contributed by atoms with Gasteiger partial charge >= 0.3 is 0 Å². The molecule has 45 heavy (non-hydrogen) atoms. The van der Waals surface area contributed by atoms with Crippen molar-refractivity contribution in [1.29, 1.82) is 0 Å². The molecule has 1 aromatic heterocycles. The molecule has 0 atom stereocenters. The fourth-order valence-corrected chi connectivity index (χ4v) is 5.99. The van der Waals surface area contributed by atoms with Crippen LogP contribution in [-0.4, -0.2) is 30.4 Å². The van der Waals surface area contributed by atoms with E-state index in [1.54, 1.807) is 0 Å². The Morgan fingerprint density at radius 1 is 0.844 bits per heavy atom. The molecule has 0 bridgehead atoms. The van der Waals surface area contributed by atoms with Gasteiger partial charge in [-0.25, -0.2) is 4.68 Å². The third-order valence-corrected chi connectivity index (χ3v) is 9.63. The molecule has 0 aliphatic heterocycles. The van der Waals surface area contributed by atoms with Crippen molar-refractivity contribution < 1.29 is 14.3 Å². The number of ether oxygens (including phenoxy) is 2. The van der Waals surface area contributed by atoms with Gasteiger partial charge in [-0.05, 0) is 76.5 Å². The maximum atomic E-state index is 12.7. The van der Waals surface area contributed by atoms with E-state index in [1.165, 1.54) is 5.56 Å². The Labute approximate surface area is 268 Å². The van der Waals surface area contributed by atoms with E-state index in [-0.39, 0.29) is 5.91 Å². The van der Waals surface area contributed by atoms with Crippen LogP contribution in [0.2, 0.25) is 25.7 Å². The number of hydrogen-bond donors (Lipinski definition) is 1. The number of rotatable bonds is 14. The molecule has 0 fully saturated rings. The van der Waals surface area contributed by atoms with Gasteiger partial charge in [0.25, 0.3) is 0 Å². The molecule has 1 heterocycles. The minimum absolute atomic E-state index is 0.0345. The molecular weight excluding hydrogens is 575 g/mol. The lowest BCUT2D eigenvalue weighted by Gasteiger charge is -2.16. The Morgan fingerprint density at radius 2 is 1.51 bits per heavy atom. The fourth-order valence-electron chi connectivity index (χ4n) is 5.23. The van der Waals surface area contributed by atoms with Crippen LogP contribution >= 0.6 is 0 Å². The van der Waals surface area contributed by atoms with Crippen LogP contribution in [0.1, 0.15) is 37.8 Å². The quantitative estimate of drug-likeness (QED) is 0.0993. The standard InChI is InChI=1S/C38H45N3O3Si/c1-6-11-37(42)39-38-35-24-33(30-16-14-28(7-2)15-17-30)34(25-36(35)41(40-38)27-43-22-23-45(3,4)5)31-18-20-32(21-19-31)44-26-29-12-9-8-10-13-29/h8-10,12-21,24-25H,6-7,11,22-23,26-27H2,1-5H3,(H,39,40,42). The van der Waals surface area contributed by atoms with Gasteiger partial charge in [-0.1, -0.05) is 100 Å². The number of nitrogens with one attached hydrogen (secondary N) is 1. The topological polar surface area (TPSA) is 65.4 Å². The summed E-state index contributed by atoms with van der Waals surface area (Å²) < 4.78 is 14.1. The van der Waals surface area contributed by atoms with Crippen LogP contribution in [0, 0.1) is 0 Å². The third kappa shape index (κ3) is 8.50. The van der Waals surface area contributed by atoms with Gasteiger partial charge in [-0.3, -0.25) is 4.79 Å². The van der Waals surface area contributed by atoms with Gasteiger partial charge in [-0.15, -0.1) is 0 Å². The number of fused-ring (bicyclic) bond motifs is 1. The molecule has 5 rings (SSSR count). The predicted molar refractivity (Wildman–Crippen MR) is 188 cm³/mol. The number of nitrogens with zero attached hydrogens (tertiary/aromatic N) is 2. The minimum Gasteiger partial charge on any atom is -0.489 e. The van der Waals surface area contributed by atoms with Gasteiger partial charge in [0.15, 0.2) is 5.82 Å². The Balaban J connectivity index is 1.55. The maximum Gasteiger partial charge on any atom is 0.225 e. The van der Waals surface area contributed by atoms with E-state index >= 15 is 0 Å². The van der Waals surface area contributed by atoms with Crippen LogP contribution in [0.15, 0.2) is 91.0 Å². The summed E-state index contributed by atoms with van der Waals surface area (Å²) >= 11 is 0. The van der Waals surface area contributed by atoms with Gasteiger partial charge in [-0.2, -0.15) is 5.10 Å². The third-order valence-electron chi connectivity index (χ3n) is 7.92. The summed E-state index contributed by atoms with van der Waals surface area (Å²) in [5, 5.41) is 8.83. The second-order valence-electron chi connectivity index (χ2n) is 12.8. The minimum atomic E-state index is -1.23. The van der Waals surface area contributed by atoms with Crippen molar-refractivity contribution in [3.8, 4) is 28.0 Å². The highest BCUT2D eigenvalue weighted by molar-refractivity contribution is 6.76. The molecule has 0 aliphatic rings. The van der Waals surface area contributed by atoms with Crippen LogP contribution in [0.3, 0.4) is 0 Å². The van der Waals surface area contributed by atoms with Crippen molar-refractivity contribution in [2.24, 2.45) is 0 Å². The van der Waals surface area contributed by atoms with Gasteiger partial charge in [0.05, 0.1) is 5.52 Å². The molecule has 0 radical (unpaired) electrons.